The van der Waals surface area contributed by atoms with Gasteiger partial charge in [0, 0.05) is 5.39 Å². The third-order valence-electron chi connectivity index (χ3n) is 3.68. The Labute approximate surface area is 136 Å². The van der Waals surface area contributed by atoms with Crippen LogP contribution in [0.1, 0.15) is 19.4 Å². The number of nitrogens with zero attached hydrogens (tertiary/aromatic N) is 2. The summed E-state index contributed by atoms with van der Waals surface area (Å²) in [6, 6.07) is 16.0. The number of benzene rings is 2. The van der Waals surface area contributed by atoms with Gasteiger partial charge in [-0.15, -0.1) is 0 Å². The number of aryl methyl sites for hydroxylation is 1. The average Bonchev–Trinajstić information content (AvgIpc) is 2.54. The number of hydrogen-bond donors (Lipinski definition) is 1. The molecule has 1 N–H and O–H groups in total. The lowest BCUT2D eigenvalue weighted by molar-refractivity contribution is 0.255. The number of ether oxygens (including phenoxy) is 1. The van der Waals surface area contributed by atoms with Crippen LogP contribution in [0, 0.1) is 6.92 Å². The Morgan fingerprint density at radius 3 is 2.57 bits per heavy atom. The van der Waals surface area contributed by atoms with Crippen LogP contribution < -0.4 is 10.1 Å². The van der Waals surface area contributed by atoms with E-state index in [1.165, 1.54) is 0 Å². The molecule has 0 amide bonds. The molecule has 4 nitrogen and oxygen atoms in total. The van der Waals surface area contributed by atoms with Crippen molar-refractivity contribution in [2.45, 2.75) is 26.3 Å². The smallest absolute Gasteiger partial charge is 0.137 e. The van der Waals surface area contributed by atoms with Gasteiger partial charge in [0.2, 0.25) is 0 Å². The number of hydrogen-bond acceptors (Lipinski definition) is 4. The molecule has 0 aliphatic carbocycles. The molecule has 4 heteroatoms. The van der Waals surface area contributed by atoms with Gasteiger partial charge >= 0.3 is 0 Å². The van der Waals surface area contributed by atoms with Gasteiger partial charge in [0.25, 0.3) is 0 Å². The lowest BCUT2D eigenvalue weighted by Gasteiger charge is -2.27. The lowest BCUT2D eigenvalue weighted by atomic mass is 10.1. The van der Waals surface area contributed by atoms with Crippen molar-refractivity contribution in [3.8, 4) is 5.75 Å². The fourth-order valence-corrected chi connectivity index (χ4v) is 2.44. The van der Waals surface area contributed by atoms with Crippen LogP contribution in [0.2, 0.25) is 0 Å². The van der Waals surface area contributed by atoms with Crippen LogP contribution in [0.5, 0.6) is 5.75 Å². The molecule has 1 heterocycles. The van der Waals surface area contributed by atoms with Crippen molar-refractivity contribution < 1.29 is 4.74 Å². The van der Waals surface area contributed by atoms with Crippen molar-refractivity contribution in [3.05, 3.63) is 60.4 Å². The molecule has 0 bridgehead atoms. The Kier molecular flexibility index (Phi) is 4.15. The van der Waals surface area contributed by atoms with E-state index in [1.54, 1.807) is 6.33 Å². The van der Waals surface area contributed by atoms with Crippen LogP contribution in [-0.2, 0) is 0 Å². The maximum atomic E-state index is 5.98. The molecule has 23 heavy (non-hydrogen) atoms. The van der Waals surface area contributed by atoms with Crippen molar-refractivity contribution in [2.75, 3.05) is 11.9 Å². The molecular weight excluding hydrogens is 286 g/mol. The standard InChI is InChI=1S/C19H21N3O/c1-14-8-4-7-11-17(14)23-12-19(2,3)22-18-15-9-5-6-10-16(15)20-13-21-18/h4-11,13H,12H2,1-3H3,(H,20,21,22). The fourth-order valence-electron chi connectivity index (χ4n) is 2.44. The van der Waals surface area contributed by atoms with Crippen LogP contribution in [0.3, 0.4) is 0 Å². The third kappa shape index (κ3) is 3.59. The zero-order valence-corrected chi connectivity index (χ0v) is 13.7. The first-order chi connectivity index (χ1) is 11.1. The number of aromatic nitrogens is 2. The summed E-state index contributed by atoms with van der Waals surface area (Å²) < 4.78 is 5.98. The zero-order chi connectivity index (χ0) is 16.3. The molecule has 118 valence electrons. The topological polar surface area (TPSA) is 47.0 Å². The highest BCUT2D eigenvalue weighted by Gasteiger charge is 2.20. The second-order valence-corrected chi connectivity index (χ2v) is 6.30. The van der Waals surface area contributed by atoms with Gasteiger partial charge in [-0.3, -0.25) is 0 Å². The molecule has 0 spiro atoms. The predicted molar refractivity (Wildman–Crippen MR) is 93.9 cm³/mol. The van der Waals surface area contributed by atoms with Crippen LogP contribution in [0.15, 0.2) is 54.9 Å². The Bertz CT molecular complexity index is 809. The molecule has 0 saturated carbocycles. The van der Waals surface area contributed by atoms with Crippen molar-refractivity contribution in [1.82, 2.24) is 9.97 Å². The first-order valence-electron chi connectivity index (χ1n) is 7.71. The second-order valence-electron chi connectivity index (χ2n) is 6.30. The summed E-state index contributed by atoms with van der Waals surface area (Å²) in [5, 5.41) is 4.49. The minimum atomic E-state index is -0.264. The van der Waals surface area contributed by atoms with Gasteiger partial charge in [-0.2, -0.15) is 0 Å². The Morgan fingerprint density at radius 1 is 1.00 bits per heavy atom. The first kappa shape index (κ1) is 15.3. The molecule has 0 unspecified atom stereocenters. The molecule has 0 saturated heterocycles. The van der Waals surface area contributed by atoms with Crippen LogP contribution in [0.4, 0.5) is 5.82 Å². The van der Waals surface area contributed by atoms with Crippen LogP contribution >= 0.6 is 0 Å². The summed E-state index contributed by atoms with van der Waals surface area (Å²) in [7, 11) is 0. The minimum Gasteiger partial charge on any atom is -0.491 e. The van der Waals surface area contributed by atoms with E-state index in [0.717, 1.165) is 28.0 Å². The zero-order valence-electron chi connectivity index (χ0n) is 13.7. The largest absolute Gasteiger partial charge is 0.491 e. The fraction of sp³-hybridized carbons (Fsp3) is 0.263. The van der Waals surface area contributed by atoms with Crippen molar-refractivity contribution >= 4 is 16.7 Å². The quantitative estimate of drug-likeness (QED) is 0.767. The van der Waals surface area contributed by atoms with Crippen LogP contribution in [-0.4, -0.2) is 22.1 Å². The number of para-hydroxylation sites is 2. The van der Waals surface area contributed by atoms with Crippen molar-refractivity contribution in [2.24, 2.45) is 0 Å². The SMILES string of the molecule is Cc1ccccc1OCC(C)(C)Nc1ncnc2ccccc12. The van der Waals surface area contributed by atoms with E-state index < -0.39 is 0 Å². The second kappa shape index (κ2) is 6.24. The van der Waals surface area contributed by atoms with E-state index in [2.05, 4.69) is 29.1 Å². The Hall–Kier alpha value is -2.62. The van der Waals surface area contributed by atoms with Gasteiger partial charge in [-0.05, 0) is 44.5 Å². The van der Waals surface area contributed by atoms with E-state index in [1.807, 2.05) is 55.5 Å². The molecule has 0 radical (unpaired) electrons. The predicted octanol–water partition coefficient (Wildman–Crippen LogP) is 4.21. The van der Waals surface area contributed by atoms with Gasteiger partial charge in [-0.1, -0.05) is 30.3 Å². The van der Waals surface area contributed by atoms with E-state index in [4.69, 9.17) is 4.74 Å². The molecule has 0 atom stereocenters. The maximum Gasteiger partial charge on any atom is 0.137 e. The number of fused-ring (bicyclic) bond motifs is 1. The molecule has 0 aliphatic rings. The van der Waals surface area contributed by atoms with Gasteiger partial charge in [0.05, 0.1) is 11.1 Å². The molecule has 3 aromatic rings. The van der Waals surface area contributed by atoms with Crippen molar-refractivity contribution in [1.29, 1.82) is 0 Å². The summed E-state index contributed by atoms with van der Waals surface area (Å²) in [6.45, 7) is 6.79. The molecule has 0 fully saturated rings. The Balaban J connectivity index is 1.76. The number of nitrogens with one attached hydrogen (secondary N) is 1. The monoisotopic (exact) mass is 307 g/mol. The van der Waals surface area contributed by atoms with Gasteiger partial charge in [0.15, 0.2) is 0 Å². The number of anilines is 1. The van der Waals surface area contributed by atoms with E-state index >= 15 is 0 Å². The Morgan fingerprint density at radius 2 is 1.74 bits per heavy atom. The highest BCUT2D eigenvalue weighted by Crippen LogP contribution is 2.23. The number of rotatable bonds is 5. The highest BCUT2D eigenvalue weighted by molar-refractivity contribution is 5.88. The van der Waals surface area contributed by atoms with Gasteiger partial charge in [-0.25, -0.2) is 9.97 Å². The molecule has 0 aliphatic heterocycles. The third-order valence-corrected chi connectivity index (χ3v) is 3.68. The lowest BCUT2D eigenvalue weighted by Crippen LogP contribution is -2.38. The normalized spacial score (nSPS) is 11.4. The maximum absolute atomic E-state index is 5.98. The van der Waals surface area contributed by atoms with Crippen LogP contribution in [0.25, 0.3) is 10.9 Å². The molecule has 2 aromatic carbocycles. The average molecular weight is 307 g/mol. The van der Waals surface area contributed by atoms with Gasteiger partial charge < -0.3 is 10.1 Å². The summed E-state index contributed by atoms with van der Waals surface area (Å²) in [5.41, 5.74) is 1.80. The summed E-state index contributed by atoms with van der Waals surface area (Å²) >= 11 is 0. The van der Waals surface area contributed by atoms with Gasteiger partial charge in [0.1, 0.15) is 24.5 Å². The molecule has 3 rings (SSSR count). The summed E-state index contributed by atoms with van der Waals surface area (Å²) in [5.74, 6) is 1.74. The highest BCUT2D eigenvalue weighted by atomic mass is 16.5. The first-order valence-corrected chi connectivity index (χ1v) is 7.71. The summed E-state index contributed by atoms with van der Waals surface area (Å²) in [6.07, 6.45) is 1.59. The van der Waals surface area contributed by atoms with E-state index in [9.17, 15) is 0 Å². The summed E-state index contributed by atoms with van der Waals surface area (Å²) in [4.78, 5) is 8.68. The van der Waals surface area contributed by atoms with Crippen molar-refractivity contribution in [3.63, 3.8) is 0 Å². The molecule has 1 aromatic heterocycles. The van der Waals surface area contributed by atoms with E-state index in [0.29, 0.717) is 6.61 Å². The minimum absolute atomic E-state index is 0.264. The molecular formula is C19H21N3O. The van der Waals surface area contributed by atoms with E-state index in [-0.39, 0.29) is 5.54 Å².